The largest absolute Gasteiger partial charge is 0.325 e. The molecule has 1 heterocycles. The number of thioether (sulfide) groups is 1. The maximum absolute atomic E-state index is 11.8. The van der Waals surface area contributed by atoms with E-state index in [4.69, 9.17) is 0 Å². The molecule has 0 aliphatic carbocycles. The Morgan fingerprint density at radius 3 is 2.71 bits per heavy atom. The first-order valence-corrected chi connectivity index (χ1v) is 7.91. The molecule has 1 N–H and O–H groups in total. The molecular weight excluding hydrogens is 284 g/mol. The summed E-state index contributed by atoms with van der Waals surface area (Å²) in [7, 11) is 4.06. The molecule has 0 aliphatic rings. The molecule has 0 bridgehead atoms. The number of nitrogens with one attached hydrogen (secondary N) is 1. The molecule has 0 fully saturated rings. The van der Waals surface area contributed by atoms with E-state index in [1.165, 1.54) is 0 Å². The van der Waals surface area contributed by atoms with Crippen molar-refractivity contribution in [1.29, 1.82) is 0 Å². The minimum atomic E-state index is 0.0362. The summed E-state index contributed by atoms with van der Waals surface area (Å²) < 4.78 is 1.92. The summed E-state index contributed by atoms with van der Waals surface area (Å²) in [4.78, 5) is 17.9. The molecule has 21 heavy (non-hydrogen) atoms. The average Bonchev–Trinajstić information content (AvgIpc) is 2.98. The molecule has 1 amide bonds. The van der Waals surface area contributed by atoms with Crippen molar-refractivity contribution in [2.45, 2.75) is 0 Å². The number of amides is 1. The first-order chi connectivity index (χ1) is 10.1. The Balaban J connectivity index is 1.79. The van der Waals surface area contributed by atoms with Gasteiger partial charge in [-0.1, -0.05) is 0 Å². The van der Waals surface area contributed by atoms with Crippen molar-refractivity contribution in [2.24, 2.45) is 0 Å². The van der Waals surface area contributed by atoms with E-state index in [0.717, 1.165) is 23.7 Å². The third-order valence-corrected chi connectivity index (χ3v) is 3.81. The number of anilines is 1. The minimum absolute atomic E-state index is 0.0362. The van der Waals surface area contributed by atoms with Crippen LogP contribution in [0, 0.1) is 0 Å². The topological polar surface area (TPSA) is 50.2 Å². The number of benzene rings is 1. The molecule has 1 aromatic carbocycles. The van der Waals surface area contributed by atoms with Crippen molar-refractivity contribution in [3.63, 3.8) is 0 Å². The van der Waals surface area contributed by atoms with E-state index in [9.17, 15) is 4.79 Å². The van der Waals surface area contributed by atoms with Gasteiger partial charge in [0.05, 0.1) is 12.1 Å². The molecule has 2 aromatic rings. The molecule has 0 unspecified atom stereocenters. The fraction of sp³-hybridized carbons (Fsp3) is 0.333. The second-order valence-electron chi connectivity index (χ2n) is 4.92. The minimum Gasteiger partial charge on any atom is -0.325 e. The maximum Gasteiger partial charge on any atom is 0.234 e. The molecule has 6 heteroatoms. The molecule has 0 spiro atoms. The fourth-order valence-corrected chi connectivity index (χ4v) is 2.63. The van der Waals surface area contributed by atoms with Gasteiger partial charge in [0, 0.05) is 36.1 Å². The van der Waals surface area contributed by atoms with Crippen LogP contribution in [0.4, 0.5) is 5.69 Å². The summed E-state index contributed by atoms with van der Waals surface area (Å²) >= 11 is 1.64. The van der Waals surface area contributed by atoms with Crippen LogP contribution >= 0.6 is 11.8 Å². The SMILES string of the molecule is CN(C)CCSCC(=O)Nc1ccc(-n2ccnc2)cc1. The molecule has 5 nitrogen and oxygen atoms in total. The van der Waals surface area contributed by atoms with Gasteiger partial charge in [-0.25, -0.2) is 4.98 Å². The van der Waals surface area contributed by atoms with Gasteiger partial charge in [-0.3, -0.25) is 4.79 Å². The summed E-state index contributed by atoms with van der Waals surface area (Å²) in [5.41, 5.74) is 1.84. The number of hydrogen-bond donors (Lipinski definition) is 1. The lowest BCUT2D eigenvalue weighted by molar-refractivity contribution is -0.113. The fourth-order valence-electron chi connectivity index (χ4n) is 1.74. The first kappa shape index (κ1) is 15.6. The van der Waals surface area contributed by atoms with Gasteiger partial charge >= 0.3 is 0 Å². The van der Waals surface area contributed by atoms with Crippen LogP contribution in [0.5, 0.6) is 0 Å². The maximum atomic E-state index is 11.8. The summed E-state index contributed by atoms with van der Waals surface area (Å²) in [5, 5.41) is 2.90. The quantitative estimate of drug-likeness (QED) is 0.796. The highest BCUT2D eigenvalue weighted by Gasteiger charge is 2.03. The number of rotatable bonds is 7. The van der Waals surface area contributed by atoms with E-state index in [1.54, 1.807) is 24.3 Å². The average molecular weight is 304 g/mol. The number of aromatic nitrogens is 2. The van der Waals surface area contributed by atoms with Gasteiger partial charge < -0.3 is 14.8 Å². The number of carbonyl (C=O) groups is 1. The molecular formula is C15H20N4OS. The van der Waals surface area contributed by atoms with Gasteiger partial charge in [-0.05, 0) is 38.4 Å². The lowest BCUT2D eigenvalue weighted by atomic mass is 10.3. The Hall–Kier alpha value is -1.79. The third-order valence-electron chi connectivity index (χ3n) is 2.87. The van der Waals surface area contributed by atoms with Crippen LogP contribution in [-0.2, 0) is 4.79 Å². The Bertz CT molecular complexity index is 552. The normalized spacial score (nSPS) is 10.8. The molecule has 0 radical (unpaired) electrons. The van der Waals surface area contributed by atoms with Crippen LogP contribution in [0.2, 0.25) is 0 Å². The van der Waals surface area contributed by atoms with Crippen LogP contribution in [0.1, 0.15) is 0 Å². The van der Waals surface area contributed by atoms with E-state index < -0.39 is 0 Å². The number of carbonyl (C=O) groups excluding carboxylic acids is 1. The van der Waals surface area contributed by atoms with Gasteiger partial charge in [-0.15, -0.1) is 0 Å². The standard InChI is InChI=1S/C15H20N4OS/c1-18(2)9-10-21-11-15(20)17-13-3-5-14(6-4-13)19-8-7-16-12-19/h3-8,12H,9-11H2,1-2H3,(H,17,20). The zero-order valence-corrected chi connectivity index (χ0v) is 13.1. The predicted octanol–water partition coefficient (Wildman–Crippen LogP) is 2.11. The van der Waals surface area contributed by atoms with E-state index in [-0.39, 0.29) is 5.91 Å². The first-order valence-electron chi connectivity index (χ1n) is 6.76. The zero-order chi connectivity index (χ0) is 15.1. The molecule has 0 aliphatic heterocycles. The van der Waals surface area contributed by atoms with E-state index in [1.807, 2.05) is 49.1 Å². The van der Waals surface area contributed by atoms with Crippen molar-refractivity contribution in [3.05, 3.63) is 43.0 Å². The summed E-state index contributed by atoms with van der Waals surface area (Å²) in [6, 6.07) is 7.71. The van der Waals surface area contributed by atoms with Crippen LogP contribution in [0.3, 0.4) is 0 Å². The van der Waals surface area contributed by atoms with Gasteiger partial charge in [0.2, 0.25) is 5.91 Å². The highest BCUT2D eigenvalue weighted by Crippen LogP contribution is 2.13. The smallest absolute Gasteiger partial charge is 0.234 e. The van der Waals surface area contributed by atoms with Crippen molar-refractivity contribution < 1.29 is 4.79 Å². The number of imidazole rings is 1. The van der Waals surface area contributed by atoms with Crippen molar-refractivity contribution in [1.82, 2.24) is 14.5 Å². The molecule has 1 aromatic heterocycles. The predicted molar refractivity (Wildman–Crippen MR) is 88.1 cm³/mol. The summed E-state index contributed by atoms with van der Waals surface area (Å²) in [6.45, 7) is 0.984. The highest BCUT2D eigenvalue weighted by molar-refractivity contribution is 7.99. The van der Waals surface area contributed by atoms with Crippen molar-refractivity contribution >= 4 is 23.4 Å². The third kappa shape index (κ3) is 5.24. The Morgan fingerprint density at radius 1 is 1.33 bits per heavy atom. The lowest BCUT2D eigenvalue weighted by Gasteiger charge is -2.09. The Kier molecular flexibility index (Phi) is 5.83. The molecule has 112 valence electrons. The zero-order valence-electron chi connectivity index (χ0n) is 12.3. The second-order valence-corrected chi connectivity index (χ2v) is 6.03. The highest BCUT2D eigenvalue weighted by atomic mass is 32.2. The Morgan fingerprint density at radius 2 is 2.10 bits per heavy atom. The van der Waals surface area contributed by atoms with Crippen LogP contribution in [-0.4, -0.2) is 52.5 Å². The number of hydrogen-bond acceptors (Lipinski definition) is 4. The van der Waals surface area contributed by atoms with Gasteiger partial charge in [-0.2, -0.15) is 11.8 Å². The summed E-state index contributed by atoms with van der Waals surface area (Å²) in [6.07, 6.45) is 5.37. The van der Waals surface area contributed by atoms with Crippen LogP contribution in [0.15, 0.2) is 43.0 Å². The lowest BCUT2D eigenvalue weighted by Crippen LogP contribution is -2.18. The van der Waals surface area contributed by atoms with E-state index >= 15 is 0 Å². The second kappa shape index (κ2) is 7.85. The van der Waals surface area contributed by atoms with E-state index in [2.05, 4.69) is 15.2 Å². The molecule has 0 atom stereocenters. The van der Waals surface area contributed by atoms with Crippen molar-refractivity contribution in [3.8, 4) is 5.69 Å². The molecule has 0 saturated heterocycles. The summed E-state index contributed by atoms with van der Waals surface area (Å²) in [5.74, 6) is 1.48. The van der Waals surface area contributed by atoms with Crippen molar-refractivity contribution in [2.75, 3.05) is 37.5 Å². The van der Waals surface area contributed by atoms with Crippen LogP contribution in [0.25, 0.3) is 5.69 Å². The van der Waals surface area contributed by atoms with E-state index in [0.29, 0.717) is 5.75 Å². The molecule has 0 saturated carbocycles. The van der Waals surface area contributed by atoms with Gasteiger partial charge in [0.25, 0.3) is 0 Å². The number of nitrogens with zero attached hydrogens (tertiary/aromatic N) is 3. The van der Waals surface area contributed by atoms with Gasteiger partial charge in [0.15, 0.2) is 0 Å². The van der Waals surface area contributed by atoms with Gasteiger partial charge in [0.1, 0.15) is 0 Å². The Labute approximate surface area is 129 Å². The monoisotopic (exact) mass is 304 g/mol. The van der Waals surface area contributed by atoms with Crippen LogP contribution < -0.4 is 5.32 Å². The molecule has 2 rings (SSSR count).